The Morgan fingerprint density at radius 1 is 1.59 bits per heavy atom. The van der Waals surface area contributed by atoms with Crippen LogP contribution in [0.25, 0.3) is 0 Å². The standard InChI is InChI=1S/C12H15ClN2O2/c1-15-5-4-9(7-15)14-11-3-2-8(13)6-10(11)12(16)17/h2-3,6,9,14H,4-5,7H2,1H3,(H,16,17). The van der Waals surface area contributed by atoms with E-state index < -0.39 is 5.97 Å². The van der Waals surface area contributed by atoms with E-state index in [4.69, 9.17) is 16.7 Å². The number of carboxylic acid groups (broad SMARTS) is 1. The van der Waals surface area contributed by atoms with Gasteiger partial charge in [-0.15, -0.1) is 0 Å². The van der Waals surface area contributed by atoms with Crippen molar-refractivity contribution in [2.24, 2.45) is 0 Å². The second-order valence-corrected chi connectivity index (χ2v) is 4.82. The van der Waals surface area contributed by atoms with E-state index in [0.717, 1.165) is 19.5 Å². The Morgan fingerprint density at radius 3 is 2.94 bits per heavy atom. The summed E-state index contributed by atoms with van der Waals surface area (Å²) in [5.41, 5.74) is 0.870. The molecule has 4 nitrogen and oxygen atoms in total. The van der Waals surface area contributed by atoms with Crippen LogP contribution in [-0.2, 0) is 0 Å². The molecular weight excluding hydrogens is 240 g/mol. The van der Waals surface area contributed by atoms with Crippen molar-refractivity contribution in [1.82, 2.24) is 4.90 Å². The highest BCUT2D eigenvalue weighted by molar-refractivity contribution is 6.31. The quantitative estimate of drug-likeness (QED) is 0.868. The van der Waals surface area contributed by atoms with Gasteiger partial charge in [0, 0.05) is 23.3 Å². The molecule has 1 aliphatic heterocycles. The summed E-state index contributed by atoms with van der Waals surface area (Å²) in [6.07, 6.45) is 1.03. The van der Waals surface area contributed by atoms with Crippen LogP contribution in [0.3, 0.4) is 0 Å². The van der Waals surface area contributed by atoms with E-state index in [9.17, 15) is 4.79 Å². The van der Waals surface area contributed by atoms with Gasteiger partial charge in [0.1, 0.15) is 0 Å². The molecule has 0 saturated carbocycles. The highest BCUT2D eigenvalue weighted by atomic mass is 35.5. The van der Waals surface area contributed by atoms with Crippen molar-refractivity contribution in [3.8, 4) is 0 Å². The molecule has 0 amide bonds. The number of hydrogen-bond donors (Lipinski definition) is 2. The van der Waals surface area contributed by atoms with Gasteiger partial charge in [-0.1, -0.05) is 11.6 Å². The number of likely N-dealkylation sites (tertiary alicyclic amines) is 1. The first-order valence-corrected chi connectivity index (χ1v) is 5.92. The second kappa shape index (κ2) is 4.94. The lowest BCUT2D eigenvalue weighted by molar-refractivity contribution is 0.0698. The largest absolute Gasteiger partial charge is 0.478 e. The molecule has 1 unspecified atom stereocenters. The lowest BCUT2D eigenvalue weighted by atomic mass is 10.1. The van der Waals surface area contributed by atoms with Crippen LogP contribution in [0.5, 0.6) is 0 Å². The summed E-state index contributed by atoms with van der Waals surface area (Å²) < 4.78 is 0. The molecule has 0 radical (unpaired) electrons. The van der Waals surface area contributed by atoms with Gasteiger partial charge in [-0.3, -0.25) is 0 Å². The van der Waals surface area contributed by atoms with Crippen molar-refractivity contribution >= 4 is 23.3 Å². The minimum Gasteiger partial charge on any atom is -0.478 e. The van der Waals surface area contributed by atoms with Gasteiger partial charge in [0.15, 0.2) is 0 Å². The normalized spacial score (nSPS) is 20.5. The van der Waals surface area contributed by atoms with Gasteiger partial charge in [0.2, 0.25) is 0 Å². The summed E-state index contributed by atoms with van der Waals surface area (Å²) in [7, 11) is 2.06. The van der Waals surface area contributed by atoms with Crippen LogP contribution in [0.15, 0.2) is 18.2 Å². The maximum absolute atomic E-state index is 11.1. The molecule has 92 valence electrons. The lowest BCUT2D eigenvalue weighted by Gasteiger charge is -2.16. The molecule has 5 heteroatoms. The predicted octanol–water partition coefficient (Wildman–Crippen LogP) is 2.15. The zero-order chi connectivity index (χ0) is 12.4. The number of rotatable bonds is 3. The molecule has 1 saturated heterocycles. The molecule has 1 fully saturated rings. The second-order valence-electron chi connectivity index (χ2n) is 4.39. The van der Waals surface area contributed by atoms with E-state index in [1.54, 1.807) is 12.1 Å². The molecule has 0 bridgehead atoms. The molecule has 17 heavy (non-hydrogen) atoms. The van der Waals surface area contributed by atoms with Crippen LogP contribution < -0.4 is 5.32 Å². The Bertz CT molecular complexity index is 437. The van der Waals surface area contributed by atoms with E-state index in [-0.39, 0.29) is 5.56 Å². The van der Waals surface area contributed by atoms with Crippen LogP contribution in [0.4, 0.5) is 5.69 Å². The Balaban J connectivity index is 2.17. The smallest absolute Gasteiger partial charge is 0.337 e. The number of carbonyl (C=O) groups is 1. The predicted molar refractivity (Wildman–Crippen MR) is 67.9 cm³/mol. The minimum absolute atomic E-state index is 0.229. The van der Waals surface area contributed by atoms with Crippen LogP contribution in [0.1, 0.15) is 16.8 Å². The van der Waals surface area contributed by atoms with E-state index >= 15 is 0 Å². The highest BCUT2D eigenvalue weighted by Crippen LogP contribution is 2.23. The maximum Gasteiger partial charge on any atom is 0.337 e. The van der Waals surface area contributed by atoms with Crippen molar-refractivity contribution in [2.45, 2.75) is 12.5 Å². The maximum atomic E-state index is 11.1. The van der Waals surface area contributed by atoms with Crippen molar-refractivity contribution in [3.05, 3.63) is 28.8 Å². The zero-order valence-corrected chi connectivity index (χ0v) is 10.4. The van der Waals surface area contributed by atoms with Crippen molar-refractivity contribution in [2.75, 3.05) is 25.5 Å². The molecule has 0 spiro atoms. The number of halogens is 1. The first-order chi connectivity index (χ1) is 8.06. The highest BCUT2D eigenvalue weighted by Gasteiger charge is 2.21. The number of anilines is 1. The third-order valence-corrected chi connectivity index (χ3v) is 3.20. The average molecular weight is 255 g/mol. The first-order valence-electron chi connectivity index (χ1n) is 5.54. The van der Waals surface area contributed by atoms with Crippen molar-refractivity contribution < 1.29 is 9.90 Å². The van der Waals surface area contributed by atoms with Gasteiger partial charge in [0.05, 0.1) is 5.56 Å². The van der Waals surface area contributed by atoms with Crippen LogP contribution in [0, 0.1) is 0 Å². The number of likely N-dealkylation sites (N-methyl/N-ethyl adjacent to an activating group) is 1. The van der Waals surface area contributed by atoms with E-state index in [1.165, 1.54) is 6.07 Å². The number of benzene rings is 1. The van der Waals surface area contributed by atoms with Crippen LogP contribution >= 0.6 is 11.6 Å². The first kappa shape index (κ1) is 12.2. The van der Waals surface area contributed by atoms with Gasteiger partial charge < -0.3 is 15.3 Å². The molecule has 2 rings (SSSR count). The Labute approximate surface area is 105 Å². The average Bonchev–Trinajstić information content (AvgIpc) is 2.66. The van der Waals surface area contributed by atoms with Crippen molar-refractivity contribution in [3.63, 3.8) is 0 Å². The topological polar surface area (TPSA) is 52.6 Å². The van der Waals surface area contributed by atoms with Crippen LogP contribution in [-0.4, -0.2) is 42.2 Å². The summed E-state index contributed by atoms with van der Waals surface area (Å²) in [6, 6.07) is 5.21. The molecule has 1 aliphatic rings. The van der Waals surface area contributed by atoms with Gasteiger partial charge in [0.25, 0.3) is 0 Å². The van der Waals surface area contributed by atoms with E-state index in [0.29, 0.717) is 16.8 Å². The molecule has 1 aromatic carbocycles. The summed E-state index contributed by atoms with van der Waals surface area (Å²) in [5.74, 6) is -0.957. The lowest BCUT2D eigenvalue weighted by Crippen LogP contribution is -2.24. The molecule has 0 aromatic heterocycles. The Morgan fingerprint density at radius 2 is 2.35 bits per heavy atom. The van der Waals surface area contributed by atoms with Gasteiger partial charge in [-0.05, 0) is 38.2 Å². The number of hydrogen-bond acceptors (Lipinski definition) is 3. The Hall–Kier alpha value is -1.26. The number of nitrogens with one attached hydrogen (secondary N) is 1. The molecule has 0 aliphatic carbocycles. The SMILES string of the molecule is CN1CCC(Nc2ccc(Cl)cc2C(=O)O)C1. The number of nitrogens with zero attached hydrogens (tertiary/aromatic N) is 1. The zero-order valence-electron chi connectivity index (χ0n) is 9.61. The summed E-state index contributed by atoms with van der Waals surface area (Å²) >= 11 is 5.80. The molecule has 2 N–H and O–H groups in total. The van der Waals surface area contributed by atoms with Gasteiger partial charge in [-0.25, -0.2) is 4.79 Å². The van der Waals surface area contributed by atoms with Crippen LogP contribution in [0.2, 0.25) is 5.02 Å². The molecule has 1 heterocycles. The fourth-order valence-electron chi connectivity index (χ4n) is 2.09. The fraction of sp³-hybridized carbons (Fsp3) is 0.417. The van der Waals surface area contributed by atoms with Crippen molar-refractivity contribution in [1.29, 1.82) is 0 Å². The minimum atomic E-state index is -0.957. The molecule has 1 aromatic rings. The molecule has 1 atom stereocenters. The summed E-state index contributed by atoms with van der Waals surface area (Å²) in [5, 5.41) is 12.8. The molecular formula is C12H15ClN2O2. The summed E-state index contributed by atoms with van der Waals surface area (Å²) in [6.45, 7) is 1.97. The van der Waals surface area contributed by atoms with E-state index in [1.807, 2.05) is 0 Å². The van der Waals surface area contributed by atoms with Gasteiger partial charge >= 0.3 is 5.97 Å². The Kier molecular flexibility index (Phi) is 3.54. The number of aromatic carboxylic acids is 1. The number of carboxylic acids is 1. The third kappa shape index (κ3) is 2.90. The summed E-state index contributed by atoms with van der Waals surface area (Å²) in [4.78, 5) is 13.3. The monoisotopic (exact) mass is 254 g/mol. The fourth-order valence-corrected chi connectivity index (χ4v) is 2.26. The van der Waals surface area contributed by atoms with Gasteiger partial charge in [-0.2, -0.15) is 0 Å². The van der Waals surface area contributed by atoms with E-state index in [2.05, 4.69) is 17.3 Å². The third-order valence-electron chi connectivity index (χ3n) is 2.96.